The van der Waals surface area contributed by atoms with Crippen LogP contribution in [0.2, 0.25) is 0 Å². The number of halogens is 1. The van der Waals surface area contributed by atoms with Gasteiger partial charge in [0.2, 0.25) is 5.95 Å². The molecule has 3 aromatic heterocycles. The van der Waals surface area contributed by atoms with E-state index in [0.29, 0.717) is 28.1 Å². The highest BCUT2D eigenvalue weighted by Gasteiger charge is 2.28. The quantitative estimate of drug-likeness (QED) is 0.459. The Labute approximate surface area is 196 Å². The fourth-order valence-corrected chi connectivity index (χ4v) is 4.63. The van der Waals surface area contributed by atoms with Gasteiger partial charge < -0.3 is 20.5 Å². The van der Waals surface area contributed by atoms with Gasteiger partial charge in [-0.05, 0) is 39.7 Å². The molecule has 0 saturated carbocycles. The smallest absolute Gasteiger partial charge is 0.223 e. The molecule has 0 aliphatic carbocycles. The Morgan fingerprint density at radius 2 is 2.03 bits per heavy atom. The van der Waals surface area contributed by atoms with Crippen molar-refractivity contribution in [3.63, 3.8) is 0 Å². The Morgan fingerprint density at radius 1 is 1.24 bits per heavy atom. The van der Waals surface area contributed by atoms with E-state index in [2.05, 4.69) is 20.1 Å². The van der Waals surface area contributed by atoms with Gasteiger partial charge in [0, 0.05) is 31.3 Å². The van der Waals surface area contributed by atoms with Crippen molar-refractivity contribution in [1.82, 2.24) is 29.4 Å². The maximum Gasteiger partial charge on any atom is 0.223 e. The molecule has 0 bridgehead atoms. The third-order valence-electron chi connectivity index (χ3n) is 6.70. The van der Waals surface area contributed by atoms with Gasteiger partial charge in [-0.3, -0.25) is 4.68 Å². The summed E-state index contributed by atoms with van der Waals surface area (Å²) < 4.78 is 22.8. The lowest BCUT2D eigenvalue weighted by Gasteiger charge is -2.32. The van der Waals surface area contributed by atoms with Crippen LogP contribution in [0.25, 0.3) is 16.6 Å². The van der Waals surface area contributed by atoms with Gasteiger partial charge in [0.1, 0.15) is 17.1 Å². The zero-order chi connectivity index (χ0) is 24.1. The van der Waals surface area contributed by atoms with Gasteiger partial charge >= 0.3 is 0 Å². The van der Waals surface area contributed by atoms with E-state index in [4.69, 9.17) is 15.5 Å². The number of anilines is 2. The molecule has 1 aliphatic heterocycles. The summed E-state index contributed by atoms with van der Waals surface area (Å²) in [5, 5.41) is 19.7. The highest BCUT2D eigenvalue weighted by Crippen LogP contribution is 2.33. The third kappa shape index (κ3) is 3.69. The molecule has 1 saturated heterocycles. The molecule has 11 heteroatoms. The number of hydrogen-bond acceptors (Lipinski definition) is 8. The average molecular weight is 469 g/mol. The summed E-state index contributed by atoms with van der Waals surface area (Å²) in [7, 11) is 1.47. The predicted octanol–water partition coefficient (Wildman–Crippen LogP) is 2.84. The van der Waals surface area contributed by atoms with E-state index in [1.54, 1.807) is 6.92 Å². The number of nitrogen functional groups attached to an aromatic ring is 1. The number of methoxy groups -OCH3 is 1. The number of piperidine rings is 1. The number of aryl methyl sites for hydroxylation is 1. The lowest BCUT2D eigenvalue weighted by atomic mass is 9.97. The zero-order valence-electron chi connectivity index (χ0n) is 19.7. The van der Waals surface area contributed by atoms with Gasteiger partial charge in [-0.1, -0.05) is 0 Å². The molecule has 0 spiro atoms. The van der Waals surface area contributed by atoms with Gasteiger partial charge in [-0.2, -0.15) is 9.61 Å². The van der Waals surface area contributed by atoms with Crippen LogP contribution in [0.5, 0.6) is 5.75 Å². The molecule has 0 amide bonds. The molecule has 0 radical (unpaired) electrons. The molecule has 180 valence electrons. The Morgan fingerprint density at radius 3 is 2.76 bits per heavy atom. The monoisotopic (exact) mass is 468 g/mol. The van der Waals surface area contributed by atoms with Crippen molar-refractivity contribution in [2.45, 2.75) is 51.7 Å². The van der Waals surface area contributed by atoms with Gasteiger partial charge in [0.15, 0.2) is 11.5 Å². The number of nitrogens with two attached hydrogens (primary N) is 1. The SMILES string of the molecule is COc1cc(F)cc2c1nc(N)n1nc(C3CCCN(c4cn([C@H](C)[C@@H](C)O)nc4C)C3)nc21. The van der Waals surface area contributed by atoms with E-state index in [0.717, 1.165) is 37.3 Å². The van der Waals surface area contributed by atoms with Crippen LogP contribution in [0.4, 0.5) is 16.0 Å². The number of aliphatic hydroxyl groups excluding tert-OH is 1. The first-order valence-electron chi connectivity index (χ1n) is 11.4. The summed E-state index contributed by atoms with van der Waals surface area (Å²) in [5.74, 6) is 0.747. The Hall–Kier alpha value is -3.47. The van der Waals surface area contributed by atoms with Crippen molar-refractivity contribution >= 4 is 28.2 Å². The lowest BCUT2D eigenvalue weighted by Crippen LogP contribution is -2.35. The topological polar surface area (TPSA) is 120 Å². The highest BCUT2D eigenvalue weighted by molar-refractivity contribution is 5.95. The molecular formula is C23H29FN8O2. The average Bonchev–Trinajstić information content (AvgIpc) is 3.44. The lowest BCUT2D eigenvalue weighted by molar-refractivity contribution is 0.132. The number of aliphatic hydroxyl groups is 1. The molecule has 1 aliphatic rings. The Balaban J connectivity index is 1.50. The van der Waals surface area contributed by atoms with Crippen LogP contribution in [0.3, 0.4) is 0 Å². The van der Waals surface area contributed by atoms with Gasteiger partial charge in [-0.25, -0.2) is 14.4 Å². The molecule has 1 aromatic carbocycles. The van der Waals surface area contributed by atoms with E-state index in [1.165, 1.54) is 23.8 Å². The first-order valence-corrected chi connectivity index (χ1v) is 11.4. The number of rotatable bonds is 5. The van der Waals surface area contributed by atoms with E-state index >= 15 is 0 Å². The fourth-order valence-electron chi connectivity index (χ4n) is 4.63. The number of fused-ring (bicyclic) bond motifs is 3. The molecule has 1 fully saturated rings. The second-order valence-electron chi connectivity index (χ2n) is 9.03. The summed E-state index contributed by atoms with van der Waals surface area (Å²) in [4.78, 5) is 11.5. The number of ether oxygens (including phenoxy) is 1. The maximum absolute atomic E-state index is 14.2. The predicted molar refractivity (Wildman–Crippen MR) is 127 cm³/mol. The number of hydrogen-bond donors (Lipinski definition) is 2. The van der Waals surface area contributed by atoms with Crippen LogP contribution < -0.4 is 15.4 Å². The van der Waals surface area contributed by atoms with E-state index in [9.17, 15) is 9.50 Å². The van der Waals surface area contributed by atoms with Crippen molar-refractivity contribution < 1.29 is 14.2 Å². The maximum atomic E-state index is 14.2. The zero-order valence-corrected chi connectivity index (χ0v) is 19.7. The summed E-state index contributed by atoms with van der Waals surface area (Å²) in [6.45, 7) is 7.30. The molecule has 5 rings (SSSR count). The Bertz CT molecular complexity index is 1360. The molecule has 34 heavy (non-hydrogen) atoms. The highest BCUT2D eigenvalue weighted by atomic mass is 19.1. The van der Waals surface area contributed by atoms with E-state index in [1.807, 2.05) is 24.7 Å². The molecule has 3 atom stereocenters. The van der Waals surface area contributed by atoms with Crippen molar-refractivity contribution in [2.75, 3.05) is 30.8 Å². The minimum absolute atomic E-state index is 0.0653. The summed E-state index contributed by atoms with van der Waals surface area (Å²) in [6, 6.07) is 2.55. The normalized spacial score (nSPS) is 18.5. The molecule has 10 nitrogen and oxygen atoms in total. The van der Waals surface area contributed by atoms with Crippen LogP contribution in [-0.2, 0) is 0 Å². The van der Waals surface area contributed by atoms with Crippen molar-refractivity contribution in [1.29, 1.82) is 0 Å². The summed E-state index contributed by atoms with van der Waals surface area (Å²) in [6.07, 6.45) is 3.39. The van der Waals surface area contributed by atoms with Gasteiger partial charge in [0.05, 0.1) is 36.0 Å². The first kappa shape index (κ1) is 22.3. The molecule has 4 heterocycles. The summed E-state index contributed by atoms with van der Waals surface area (Å²) >= 11 is 0. The minimum Gasteiger partial charge on any atom is -0.494 e. The van der Waals surface area contributed by atoms with E-state index < -0.39 is 11.9 Å². The van der Waals surface area contributed by atoms with Crippen LogP contribution in [0.1, 0.15) is 50.2 Å². The van der Waals surface area contributed by atoms with Crippen LogP contribution in [0.15, 0.2) is 18.3 Å². The van der Waals surface area contributed by atoms with Crippen LogP contribution in [0, 0.1) is 12.7 Å². The molecule has 4 aromatic rings. The number of nitrogens with zero attached hydrogens (tertiary/aromatic N) is 7. The van der Waals surface area contributed by atoms with Gasteiger partial charge in [-0.15, -0.1) is 5.10 Å². The first-order chi connectivity index (χ1) is 16.3. The van der Waals surface area contributed by atoms with E-state index in [-0.39, 0.29) is 17.9 Å². The molecule has 1 unspecified atom stereocenters. The second-order valence-corrected chi connectivity index (χ2v) is 9.03. The van der Waals surface area contributed by atoms with Crippen LogP contribution in [-0.4, -0.2) is 60.8 Å². The largest absolute Gasteiger partial charge is 0.494 e. The second kappa shape index (κ2) is 8.39. The van der Waals surface area contributed by atoms with Gasteiger partial charge in [0.25, 0.3) is 0 Å². The standard InChI is InChI=1S/C23H29FN8O2/c1-12-18(11-31(28-12)13(2)14(3)33)30-7-5-6-15(10-30)21-27-22-17-8-16(24)9-19(34-4)20(17)26-23(25)32(22)29-21/h8-9,11,13-15,33H,5-7,10H2,1-4H3,(H2,25,26)/t13-,14-,15?/m1/s1. The fraction of sp³-hybridized carbons (Fsp3) is 0.478. The van der Waals surface area contributed by atoms with Crippen molar-refractivity contribution in [3.8, 4) is 5.75 Å². The molecule has 3 N–H and O–H groups in total. The Kier molecular flexibility index (Phi) is 5.51. The van der Waals surface area contributed by atoms with Crippen molar-refractivity contribution in [3.05, 3.63) is 35.7 Å². The minimum atomic E-state index is -0.499. The summed E-state index contributed by atoms with van der Waals surface area (Å²) in [5.41, 5.74) is 9.05. The number of benzene rings is 1. The van der Waals surface area contributed by atoms with Crippen LogP contribution >= 0.6 is 0 Å². The third-order valence-corrected chi connectivity index (χ3v) is 6.70. The molecular weight excluding hydrogens is 439 g/mol. The van der Waals surface area contributed by atoms with Crippen molar-refractivity contribution in [2.24, 2.45) is 0 Å². The number of aromatic nitrogens is 6.